The Kier molecular flexibility index (Phi) is 7.48. The summed E-state index contributed by atoms with van der Waals surface area (Å²) in [6.45, 7) is 0.601. The fourth-order valence-corrected chi connectivity index (χ4v) is 3.93. The Hall–Kier alpha value is -3.80. The molecule has 0 radical (unpaired) electrons. The van der Waals surface area contributed by atoms with Crippen LogP contribution in [0.4, 0.5) is 5.69 Å². The van der Waals surface area contributed by atoms with Gasteiger partial charge in [-0.05, 0) is 55.7 Å². The Balaban J connectivity index is 1.60. The predicted molar refractivity (Wildman–Crippen MR) is 137 cm³/mol. The maximum atomic E-state index is 11.2. The van der Waals surface area contributed by atoms with Gasteiger partial charge >= 0.3 is 5.97 Å². The molecule has 6 heteroatoms. The summed E-state index contributed by atoms with van der Waals surface area (Å²) in [5.74, 6) is 1.55. The predicted octanol–water partition coefficient (Wildman–Crippen LogP) is 5.87. The first-order valence-corrected chi connectivity index (χ1v) is 11.6. The number of imidazole rings is 1. The van der Waals surface area contributed by atoms with Crippen LogP contribution in [-0.2, 0) is 9.53 Å². The van der Waals surface area contributed by atoms with Gasteiger partial charge in [0.05, 0.1) is 24.8 Å². The maximum absolute atomic E-state index is 11.2. The van der Waals surface area contributed by atoms with E-state index in [9.17, 15) is 4.79 Å². The van der Waals surface area contributed by atoms with Crippen molar-refractivity contribution < 1.29 is 14.3 Å². The highest BCUT2D eigenvalue weighted by atomic mass is 16.5. The fourth-order valence-electron chi connectivity index (χ4n) is 3.93. The van der Waals surface area contributed by atoms with Gasteiger partial charge in [-0.2, -0.15) is 0 Å². The number of unbranched alkanes of at least 4 members (excludes halogenated alkanes) is 2. The largest absolute Gasteiger partial charge is 0.494 e. The van der Waals surface area contributed by atoms with Crippen molar-refractivity contribution in [3.63, 3.8) is 0 Å². The summed E-state index contributed by atoms with van der Waals surface area (Å²) in [6.07, 6.45) is 3.07. The van der Waals surface area contributed by atoms with Gasteiger partial charge in [0.2, 0.25) is 0 Å². The van der Waals surface area contributed by atoms with E-state index in [1.54, 1.807) is 0 Å². The lowest BCUT2D eigenvalue weighted by atomic mass is 10.2. The van der Waals surface area contributed by atoms with E-state index in [0.29, 0.717) is 13.0 Å². The normalized spacial score (nSPS) is 10.9. The van der Waals surface area contributed by atoms with E-state index < -0.39 is 0 Å². The van der Waals surface area contributed by atoms with Crippen LogP contribution in [0.2, 0.25) is 0 Å². The molecule has 1 aromatic heterocycles. The molecule has 176 valence electrons. The van der Waals surface area contributed by atoms with E-state index in [-0.39, 0.29) is 5.97 Å². The number of carbonyl (C=O) groups is 1. The molecule has 0 saturated heterocycles. The summed E-state index contributed by atoms with van der Waals surface area (Å²) in [4.78, 5) is 18.3. The number of methoxy groups -OCH3 is 1. The van der Waals surface area contributed by atoms with Crippen LogP contribution in [-0.4, -0.2) is 43.3 Å². The molecule has 1 heterocycles. The number of aromatic nitrogens is 2. The van der Waals surface area contributed by atoms with Crippen LogP contribution >= 0.6 is 0 Å². The summed E-state index contributed by atoms with van der Waals surface area (Å²) < 4.78 is 12.9. The number of ether oxygens (including phenoxy) is 2. The summed E-state index contributed by atoms with van der Waals surface area (Å²) in [7, 11) is 5.50. The van der Waals surface area contributed by atoms with Crippen LogP contribution in [0, 0.1) is 0 Å². The molecule has 0 bridgehead atoms. The maximum Gasteiger partial charge on any atom is 0.305 e. The van der Waals surface area contributed by atoms with Crippen molar-refractivity contribution in [3.05, 3.63) is 72.8 Å². The molecule has 0 saturated carbocycles. The number of esters is 1. The van der Waals surface area contributed by atoms with Crippen molar-refractivity contribution >= 4 is 22.7 Å². The van der Waals surface area contributed by atoms with Crippen molar-refractivity contribution in [1.82, 2.24) is 9.55 Å². The third-order valence-corrected chi connectivity index (χ3v) is 5.80. The molecule has 34 heavy (non-hydrogen) atoms. The number of benzene rings is 3. The first-order chi connectivity index (χ1) is 16.6. The molecular weight excluding hydrogens is 426 g/mol. The minimum absolute atomic E-state index is 0.160. The SMILES string of the molecule is COC(=O)CCCCCOc1ccc2nc(-c3ccccc3)n(-c3ccc(N(C)C)cc3)c2c1. The molecule has 0 aliphatic carbocycles. The number of anilines is 1. The lowest BCUT2D eigenvalue weighted by Crippen LogP contribution is -2.08. The molecule has 0 aliphatic heterocycles. The van der Waals surface area contributed by atoms with Gasteiger partial charge in [0, 0.05) is 43.5 Å². The Morgan fingerprint density at radius 1 is 0.941 bits per heavy atom. The summed E-state index contributed by atoms with van der Waals surface area (Å²) >= 11 is 0. The molecule has 0 N–H and O–H groups in total. The van der Waals surface area contributed by atoms with E-state index in [2.05, 4.69) is 56.7 Å². The zero-order chi connectivity index (χ0) is 23.9. The zero-order valence-corrected chi connectivity index (χ0v) is 20.0. The molecule has 0 unspecified atom stereocenters. The van der Waals surface area contributed by atoms with Crippen LogP contribution in [0.1, 0.15) is 25.7 Å². The van der Waals surface area contributed by atoms with Gasteiger partial charge in [0.15, 0.2) is 0 Å². The second kappa shape index (κ2) is 10.9. The van der Waals surface area contributed by atoms with Gasteiger partial charge in [-0.25, -0.2) is 4.98 Å². The molecule has 4 rings (SSSR count). The topological polar surface area (TPSA) is 56.6 Å². The average Bonchev–Trinajstić information content (AvgIpc) is 3.25. The minimum atomic E-state index is -0.160. The molecular formula is C28H31N3O3. The fraction of sp³-hybridized carbons (Fsp3) is 0.286. The highest BCUT2D eigenvalue weighted by molar-refractivity contribution is 5.84. The third-order valence-electron chi connectivity index (χ3n) is 5.80. The van der Waals surface area contributed by atoms with Crippen LogP contribution in [0.5, 0.6) is 5.75 Å². The van der Waals surface area contributed by atoms with E-state index in [0.717, 1.165) is 58.8 Å². The number of nitrogens with zero attached hydrogens (tertiary/aromatic N) is 3. The quantitative estimate of drug-likeness (QED) is 0.220. The molecule has 4 aromatic rings. The molecule has 3 aromatic carbocycles. The van der Waals surface area contributed by atoms with Crippen molar-refractivity contribution in [2.24, 2.45) is 0 Å². The number of hydrogen-bond acceptors (Lipinski definition) is 5. The summed E-state index contributed by atoms with van der Waals surface area (Å²) in [6, 6.07) is 24.8. The van der Waals surface area contributed by atoms with E-state index >= 15 is 0 Å². The molecule has 0 aliphatic rings. The van der Waals surface area contributed by atoms with Gasteiger partial charge in [0.25, 0.3) is 0 Å². The lowest BCUT2D eigenvalue weighted by molar-refractivity contribution is -0.140. The first kappa shape index (κ1) is 23.4. The van der Waals surface area contributed by atoms with Gasteiger partial charge in [0.1, 0.15) is 11.6 Å². The highest BCUT2D eigenvalue weighted by Gasteiger charge is 2.15. The van der Waals surface area contributed by atoms with Crippen LogP contribution < -0.4 is 9.64 Å². The van der Waals surface area contributed by atoms with Crippen molar-refractivity contribution in [1.29, 1.82) is 0 Å². The van der Waals surface area contributed by atoms with E-state index in [1.165, 1.54) is 7.11 Å². The van der Waals surface area contributed by atoms with Crippen LogP contribution in [0.15, 0.2) is 72.8 Å². The molecule has 0 fully saturated rings. The lowest BCUT2D eigenvalue weighted by Gasteiger charge is -2.15. The van der Waals surface area contributed by atoms with Crippen LogP contribution in [0.25, 0.3) is 28.1 Å². The van der Waals surface area contributed by atoms with Gasteiger partial charge < -0.3 is 14.4 Å². The number of hydrogen-bond donors (Lipinski definition) is 0. The van der Waals surface area contributed by atoms with Gasteiger partial charge in [-0.15, -0.1) is 0 Å². The van der Waals surface area contributed by atoms with Crippen molar-refractivity contribution in [2.45, 2.75) is 25.7 Å². The van der Waals surface area contributed by atoms with Crippen molar-refractivity contribution in [2.75, 3.05) is 32.7 Å². The Labute approximate surface area is 200 Å². The van der Waals surface area contributed by atoms with Gasteiger partial charge in [-0.3, -0.25) is 9.36 Å². The minimum Gasteiger partial charge on any atom is -0.494 e. The molecule has 0 spiro atoms. The van der Waals surface area contributed by atoms with Gasteiger partial charge in [-0.1, -0.05) is 30.3 Å². The Morgan fingerprint density at radius 2 is 1.71 bits per heavy atom. The zero-order valence-electron chi connectivity index (χ0n) is 20.0. The average molecular weight is 458 g/mol. The first-order valence-electron chi connectivity index (χ1n) is 11.6. The smallest absolute Gasteiger partial charge is 0.305 e. The number of carbonyl (C=O) groups excluding carboxylic acids is 1. The highest BCUT2D eigenvalue weighted by Crippen LogP contribution is 2.31. The van der Waals surface area contributed by atoms with E-state index in [1.807, 2.05) is 44.4 Å². The number of fused-ring (bicyclic) bond motifs is 1. The second-order valence-corrected chi connectivity index (χ2v) is 8.43. The monoisotopic (exact) mass is 457 g/mol. The Morgan fingerprint density at radius 3 is 2.41 bits per heavy atom. The van der Waals surface area contributed by atoms with Crippen LogP contribution in [0.3, 0.4) is 0 Å². The van der Waals surface area contributed by atoms with E-state index in [4.69, 9.17) is 9.72 Å². The second-order valence-electron chi connectivity index (χ2n) is 8.43. The number of rotatable bonds is 10. The Bertz CT molecular complexity index is 1230. The summed E-state index contributed by atoms with van der Waals surface area (Å²) in [5, 5.41) is 0. The summed E-state index contributed by atoms with van der Waals surface area (Å²) in [5.41, 5.74) is 5.17. The third kappa shape index (κ3) is 5.39. The molecule has 0 atom stereocenters. The standard InChI is InChI=1S/C28H31N3O3/c1-30(2)22-13-15-23(16-14-22)31-26-20-24(34-19-9-5-8-12-27(32)33-3)17-18-25(26)29-28(31)21-10-6-4-7-11-21/h4,6-7,10-11,13-18,20H,5,8-9,12,19H2,1-3H3. The molecule has 6 nitrogen and oxygen atoms in total. The molecule has 0 amide bonds. The van der Waals surface area contributed by atoms with Crippen molar-refractivity contribution in [3.8, 4) is 22.8 Å².